The van der Waals surface area contributed by atoms with Crippen LogP contribution in [0.2, 0.25) is 0 Å². The van der Waals surface area contributed by atoms with Crippen LogP contribution in [0, 0.1) is 0 Å². The summed E-state index contributed by atoms with van der Waals surface area (Å²) in [5.41, 5.74) is 0.835. The zero-order valence-corrected chi connectivity index (χ0v) is 20.7. The fraction of sp³-hybridized carbons (Fsp3) is 0.143. The molecule has 2 heterocycles. The van der Waals surface area contributed by atoms with Crippen molar-refractivity contribution in [2.24, 2.45) is 0 Å². The molecular formula is C14H12Br2N2O4S2Sn. The van der Waals surface area contributed by atoms with E-state index >= 15 is 0 Å². The van der Waals surface area contributed by atoms with Gasteiger partial charge in [0.25, 0.3) is 0 Å². The number of pyridine rings is 2. The third kappa shape index (κ3) is 10.9. The molecule has 2 aromatic heterocycles. The molecule has 0 N–H and O–H groups in total. The van der Waals surface area contributed by atoms with Crippen LogP contribution < -0.4 is 0 Å². The summed E-state index contributed by atoms with van der Waals surface area (Å²) in [5.74, 6) is -0.792. The molecule has 0 saturated heterocycles. The summed E-state index contributed by atoms with van der Waals surface area (Å²) >= 11 is 15.8. The number of rotatable bonds is 2. The Labute approximate surface area is 179 Å². The van der Waals surface area contributed by atoms with Gasteiger partial charge in [-0.2, -0.15) is 0 Å². The van der Waals surface area contributed by atoms with Gasteiger partial charge >= 0.3 is 54.0 Å². The molecule has 0 unspecified atom stereocenters. The van der Waals surface area contributed by atoms with Crippen molar-refractivity contribution in [3.63, 3.8) is 0 Å². The molecule has 0 saturated carbocycles. The molecule has 0 aliphatic rings. The molecule has 11 heteroatoms. The molecule has 0 spiro atoms. The van der Waals surface area contributed by atoms with E-state index in [-0.39, 0.29) is 16.7 Å². The first-order valence-electron chi connectivity index (χ1n) is 6.28. The molecule has 25 heavy (non-hydrogen) atoms. The van der Waals surface area contributed by atoms with E-state index in [1.54, 1.807) is 24.3 Å². The van der Waals surface area contributed by atoms with Crippen molar-refractivity contribution in [3.05, 3.63) is 47.8 Å². The van der Waals surface area contributed by atoms with E-state index < -0.39 is 11.9 Å². The minimum absolute atomic E-state index is 0.145. The van der Waals surface area contributed by atoms with E-state index in [4.69, 9.17) is 25.3 Å². The van der Waals surface area contributed by atoms with Gasteiger partial charge in [-0.05, 0) is 12.1 Å². The molecule has 132 valence electrons. The van der Waals surface area contributed by atoms with Crippen molar-refractivity contribution in [1.82, 2.24) is 9.97 Å². The molecule has 0 radical (unpaired) electrons. The summed E-state index contributed by atoms with van der Waals surface area (Å²) < 4.78 is 8.93. The molecule has 0 atom stereocenters. The quantitative estimate of drug-likeness (QED) is 0.291. The molecule has 0 amide bonds. The third-order valence-electron chi connectivity index (χ3n) is 2.31. The van der Waals surface area contributed by atoms with Crippen LogP contribution >= 0.6 is 25.4 Å². The van der Waals surface area contributed by atoms with Crippen molar-refractivity contribution in [1.29, 1.82) is 0 Å². The number of carbonyl (C=O) groups is 2. The number of carbonyl (C=O) groups excluding carboxylic acids is 2. The Hall–Kier alpha value is -0.561. The summed E-state index contributed by atoms with van der Waals surface area (Å²) in [6.45, 7) is 0. The summed E-state index contributed by atoms with van der Waals surface area (Å²) in [7, 11) is 2.65. The van der Waals surface area contributed by atoms with Crippen LogP contribution in [0.15, 0.2) is 46.7 Å². The standard InChI is InChI=1S/2C7H7NO2S.2BrH.Sn/c2*1-10-7(9)5-2-3-6(11)8-4-5;;;/h2*2-4H,1H3,(H,8,11);2*1H;/q;;;;+4/p-4. The number of esters is 2. The van der Waals surface area contributed by atoms with Crippen LogP contribution in [0.4, 0.5) is 0 Å². The van der Waals surface area contributed by atoms with E-state index in [1.165, 1.54) is 26.6 Å². The molecule has 0 aliphatic heterocycles. The van der Waals surface area contributed by atoms with Crippen molar-refractivity contribution >= 4 is 79.3 Å². The predicted molar refractivity (Wildman–Crippen MR) is 106 cm³/mol. The van der Waals surface area contributed by atoms with Gasteiger partial charge < -0.3 is 34.7 Å². The van der Waals surface area contributed by atoms with Gasteiger partial charge in [0.2, 0.25) is 0 Å². The number of ether oxygens (including phenoxy) is 2. The number of aromatic nitrogens is 2. The molecular weight excluding hydrogens is 603 g/mol. The van der Waals surface area contributed by atoms with E-state index in [1.807, 2.05) is 0 Å². The van der Waals surface area contributed by atoms with E-state index in [0.29, 0.717) is 21.2 Å². The minimum atomic E-state index is -0.396. The second-order valence-corrected chi connectivity index (χ2v) is 17.5. The first-order valence-corrected chi connectivity index (χ1v) is 19.9. The van der Waals surface area contributed by atoms with Gasteiger partial charge in [-0.1, -0.05) is 22.2 Å². The van der Waals surface area contributed by atoms with Crippen LogP contribution in [-0.2, 0) is 34.7 Å². The van der Waals surface area contributed by atoms with Crippen LogP contribution in [0.1, 0.15) is 20.7 Å². The Kier molecular flexibility index (Phi) is 14.3. The Balaban J connectivity index is 0.000000399. The summed E-state index contributed by atoms with van der Waals surface area (Å²) in [4.78, 5) is 29.2. The topological polar surface area (TPSA) is 78.4 Å². The average Bonchev–Trinajstić information content (AvgIpc) is 2.63. The van der Waals surface area contributed by atoms with Crippen LogP contribution in [-0.4, -0.2) is 52.8 Å². The van der Waals surface area contributed by atoms with Gasteiger partial charge in [-0.3, -0.25) is 9.97 Å². The number of hydrogen-bond acceptors (Lipinski definition) is 8. The number of nitrogens with zero attached hydrogens (tertiary/aromatic N) is 2. The van der Waals surface area contributed by atoms with Crippen LogP contribution in [0.25, 0.3) is 0 Å². The Morgan fingerprint density at radius 3 is 1.40 bits per heavy atom. The number of halogens is 2. The van der Waals surface area contributed by atoms with Gasteiger partial charge in [-0.15, -0.1) is 0 Å². The van der Waals surface area contributed by atoms with Crippen molar-refractivity contribution in [2.75, 3.05) is 14.2 Å². The van der Waals surface area contributed by atoms with Gasteiger partial charge in [0.05, 0.1) is 25.3 Å². The first-order chi connectivity index (χ1) is 11.9. The first kappa shape index (κ1) is 24.4. The third-order valence-corrected chi connectivity index (χ3v) is 2.80. The normalized spacial score (nSPS) is 8.48. The van der Waals surface area contributed by atoms with Gasteiger partial charge in [0.15, 0.2) is 0 Å². The van der Waals surface area contributed by atoms with E-state index in [9.17, 15) is 9.59 Å². The number of hydrogen-bond donors (Lipinski definition) is 0. The monoisotopic (exact) mass is 614 g/mol. The second-order valence-electron chi connectivity index (χ2n) is 3.82. The Bertz CT molecular complexity index is 603. The molecule has 0 fully saturated rings. The van der Waals surface area contributed by atoms with Crippen LogP contribution in [0.3, 0.4) is 0 Å². The average molecular weight is 615 g/mol. The molecule has 6 nitrogen and oxygen atoms in total. The predicted octanol–water partition coefficient (Wildman–Crippen LogP) is 2.86. The van der Waals surface area contributed by atoms with Crippen molar-refractivity contribution < 1.29 is 19.1 Å². The van der Waals surface area contributed by atoms with E-state index in [2.05, 4.69) is 44.9 Å². The van der Waals surface area contributed by atoms with Gasteiger partial charge in [-0.25, -0.2) is 9.59 Å². The van der Waals surface area contributed by atoms with Crippen molar-refractivity contribution in [2.45, 2.75) is 10.1 Å². The Morgan fingerprint density at radius 1 is 0.880 bits per heavy atom. The zero-order valence-electron chi connectivity index (χ0n) is 13.1. The van der Waals surface area contributed by atoms with Crippen molar-refractivity contribution in [3.8, 4) is 0 Å². The second kappa shape index (κ2) is 14.6. The zero-order chi connectivity index (χ0) is 19.2. The molecule has 2 aromatic rings. The molecule has 0 aliphatic carbocycles. The summed E-state index contributed by atoms with van der Waals surface area (Å²) in [5, 5.41) is 0.940. The molecule has 0 bridgehead atoms. The van der Waals surface area contributed by atoms with Gasteiger partial charge in [0, 0.05) is 12.4 Å². The maximum atomic E-state index is 10.8. The Morgan fingerprint density at radius 2 is 1.20 bits per heavy atom. The summed E-state index contributed by atoms with van der Waals surface area (Å²) in [6, 6.07) is 6.34. The fourth-order valence-electron chi connectivity index (χ4n) is 1.24. The van der Waals surface area contributed by atoms with Gasteiger partial charge in [0.1, 0.15) is 0 Å². The SMILES string of the molecule is COC(=O)c1ccc([S-])nc1.COC(=O)c1ccc([S-])nc1.[Br][Sn+2][Br]. The number of methoxy groups -OCH3 is 2. The molecule has 2 rings (SSSR count). The van der Waals surface area contributed by atoms with E-state index in [0.717, 1.165) is 0 Å². The maximum absolute atomic E-state index is 10.8. The summed E-state index contributed by atoms with van der Waals surface area (Å²) in [6.07, 6.45) is 2.79. The van der Waals surface area contributed by atoms with Crippen LogP contribution in [0.5, 0.6) is 0 Å². The fourth-order valence-corrected chi connectivity index (χ4v) is 1.48. The molecule has 0 aromatic carbocycles.